The summed E-state index contributed by atoms with van der Waals surface area (Å²) in [7, 11) is 0. The molecule has 0 heteroatoms. The first-order valence-electron chi connectivity index (χ1n) is 14.0. The van der Waals surface area contributed by atoms with Gasteiger partial charge in [0.05, 0.1) is 13.8 Å². The molecule has 0 nitrogen and oxygen atoms in total. The summed E-state index contributed by atoms with van der Waals surface area (Å²) in [6, 6.07) is 0. The fraction of sp³-hybridized carbons (Fsp3) is 0.667. The molecule has 0 heterocycles. The van der Waals surface area contributed by atoms with Gasteiger partial charge in [-0.15, -0.1) is 0 Å². The van der Waals surface area contributed by atoms with Crippen molar-refractivity contribution in [3.05, 3.63) is 13.8 Å². The molecule has 0 amide bonds. The van der Waals surface area contributed by atoms with Crippen molar-refractivity contribution in [2.45, 2.75) is 62.3 Å². The number of hydrogen-bond acceptors (Lipinski definition) is 0. The van der Waals surface area contributed by atoms with Crippen LogP contribution >= 0.6 is 0 Å². The molecule has 0 aliphatic heterocycles. The highest BCUT2D eigenvalue weighted by molar-refractivity contribution is 5.84. The van der Waals surface area contributed by atoms with Crippen LogP contribution in [-0.2, 0) is 0 Å². The van der Waals surface area contributed by atoms with Crippen molar-refractivity contribution in [1.82, 2.24) is 0 Å². The quantitative estimate of drug-likeness (QED) is 0.294. The Morgan fingerprint density at radius 2 is 0.889 bits per heavy atom. The van der Waals surface area contributed by atoms with E-state index in [1.54, 1.807) is 20.8 Å². The van der Waals surface area contributed by atoms with Crippen molar-refractivity contribution in [3.63, 3.8) is 0 Å². The largest absolute Gasteiger partial charge is 0.216 e. The van der Waals surface area contributed by atoms with Crippen molar-refractivity contribution in [2.24, 2.45) is 84.7 Å². The summed E-state index contributed by atoms with van der Waals surface area (Å²) < 4.78 is 0. The predicted molar refractivity (Wildman–Crippen MR) is 145 cm³/mol. The topological polar surface area (TPSA) is 0 Å². The van der Waals surface area contributed by atoms with Crippen molar-refractivity contribution in [2.75, 3.05) is 0 Å². The van der Waals surface area contributed by atoms with Crippen molar-refractivity contribution >= 4 is 0 Å². The second-order valence-electron chi connectivity index (χ2n) is 13.6. The van der Waals surface area contributed by atoms with E-state index < -0.39 is 0 Å². The molecule has 0 aromatic heterocycles. The van der Waals surface area contributed by atoms with Gasteiger partial charge in [-0.2, -0.15) is 0 Å². The molecule has 4 unspecified atom stereocenters. The minimum atomic E-state index is 0.601. The molecule has 12 rings (SSSR count). The summed E-state index contributed by atoms with van der Waals surface area (Å²) >= 11 is 0. The summed E-state index contributed by atoms with van der Waals surface area (Å²) in [6.45, 7) is 25.9. The van der Waals surface area contributed by atoms with E-state index >= 15 is 0 Å². The van der Waals surface area contributed by atoms with Crippen LogP contribution < -0.4 is 0 Å². The molecule has 0 bridgehead atoms. The van der Waals surface area contributed by atoms with Gasteiger partial charge in [0.1, 0.15) is 23.2 Å². The lowest BCUT2D eigenvalue weighted by Gasteiger charge is -2.27. The van der Waals surface area contributed by atoms with E-state index in [1.165, 1.54) is 29.6 Å². The van der Waals surface area contributed by atoms with E-state index in [2.05, 4.69) is 101 Å². The van der Waals surface area contributed by atoms with Crippen LogP contribution in [0, 0.1) is 158 Å². The fourth-order valence-electron chi connectivity index (χ4n) is 12.5. The Kier molecular flexibility index (Phi) is 3.49. The lowest BCUT2D eigenvalue weighted by Crippen LogP contribution is -2.25. The summed E-state index contributed by atoms with van der Waals surface area (Å²) in [6.07, 6.45) is 0. The van der Waals surface area contributed by atoms with Crippen LogP contribution in [0.4, 0.5) is 0 Å². The highest BCUT2D eigenvalue weighted by Gasteiger charge is 3.39. The molecule has 3 spiro atoms. The molecule has 180 valence electrons. The van der Waals surface area contributed by atoms with Crippen LogP contribution in [0.15, 0.2) is 0 Å². The zero-order valence-corrected chi connectivity index (χ0v) is 23.5. The summed E-state index contributed by atoms with van der Waals surface area (Å²) in [5, 5.41) is 0. The Hall–Kier alpha value is -2.46. The molecule has 0 N–H and O–H groups in total. The SMILES string of the molecule is CC.CC#CC#CC.CC12C3C4(C)C1C324.CC12C3C4C1C432.[CH2+]C#CC#CC.[CH2+]C#CC12C3C4(C)C1C342. The van der Waals surface area contributed by atoms with Crippen molar-refractivity contribution in [1.29, 1.82) is 0 Å². The van der Waals surface area contributed by atoms with E-state index in [-0.39, 0.29) is 0 Å². The first-order chi connectivity index (χ1) is 17.2. The number of hydrogen-bond donors (Lipinski definition) is 0. The van der Waals surface area contributed by atoms with Crippen LogP contribution in [0.2, 0.25) is 0 Å². The molecule has 12 aliphatic rings. The first kappa shape index (κ1) is 22.7. The fourth-order valence-corrected chi connectivity index (χ4v) is 12.5. The average Bonchev–Trinajstić information content (AvgIpc) is 3.63. The summed E-state index contributed by atoms with van der Waals surface area (Å²) in [4.78, 5) is 0. The molecule has 0 aromatic rings. The average molecular weight is 471 g/mol. The lowest BCUT2D eigenvalue weighted by molar-refractivity contribution is 0.197. The predicted octanol–water partition coefficient (Wildman–Crippen LogP) is 6.15. The van der Waals surface area contributed by atoms with Gasteiger partial charge < -0.3 is 0 Å². The van der Waals surface area contributed by atoms with Gasteiger partial charge in [0, 0.05) is 24.2 Å². The Labute approximate surface area is 219 Å². The zero-order valence-electron chi connectivity index (χ0n) is 23.5. The van der Waals surface area contributed by atoms with Crippen LogP contribution in [-0.4, -0.2) is 0 Å². The second-order valence-corrected chi connectivity index (χ2v) is 13.6. The van der Waals surface area contributed by atoms with Crippen LogP contribution in [0.3, 0.4) is 0 Å². The molecule has 12 saturated carbocycles. The standard InChI is InChI=1S/C9H7.C7H8.2C6H6.C6H5.C2H6/c1-3-4-8-5-7(2)6(8)9(5,7)8;1-5-3-6(2)4(5)7(3,5)6;1-5-3-2-4(5)6(2,3)5;2*1-3-5-6-4-2;1-2/h5-6H,1H2,2H3;3-4H,1-2H3;2-4H,1H3;1-2H3;1H2,2H3;1-2H3/q+1;;;;+1;. The van der Waals surface area contributed by atoms with E-state index in [9.17, 15) is 0 Å². The van der Waals surface area contributed by atoms with Gasteiger partial charge in [-0.3, -0.25) is 0 Å². The Morgan fingerprint density at radius 1 is 0.556 bits per heavy atom. The third kappa shape index (κ3) is 1.53. The third-order valence-electron chi connectivity index (χ3n) is 14.0. The highest BCUT2D eigenvalue weighted by Crippen LogP contribution is 3.36. The van der Waals surface area contributed by atoms with Gasteiger partial charge in [-0.05, 0) is 87.8 Å². The number of rotatable bonds is 0. The highest BCUT2D eigenvalue weighted by atomic mass is 15.4. The summed E-state index contributed by atoms with van der Waals surface area (Å²) in [5.41, 5.74) is 7.39. The maximum absolute atomic E-state index is 3.56. The minimum absolute atomic E-state index is 0.601. The Morgan fingerprint density at radius 3 is 1.03 bits per heavy atom. The second kappa shape index (κ2) is 5.53. The zero-order chi connectivity index (χ0) is 26.1. The van der Waals surface area contributed by atoms with Crippen LogP contribution in [0.5, 0.6) is 0 Å². The molecule has 4 atom stereocenters. The molecule has 0 saturated heterocycles. The smallest absolute Gasteiger partial charge is 0.0925 e. The molecule has 36 heavy (non-hydrogen) atoms. The van der Waals surface area contributed by atoms with Gasteiger partial charge in [-0.25, -0.2) is 0 Å². The molecule has 0 aromatic carbocycles. The molecular formula is C36H38+2. The van der Waals surface area contributed by atoms with E-state index in [4.69, 9.17) is 0 Å². The maximum atomic E-state index is 3.56. The van der Waals surface area contributed by atoms with E-state index in [0.717, 1.165) is 49.7 Å². The normalized spacial score (nSPS) is 65.6. The van der Waals surface area contributed by atoms with Crippen LogP contribution in [0.1, 0.15) is 62.3 Å². The minimum Gasteiger partial charge on any atom is -0.0925 e. The molecule has 0 radical (unpaired) electrons. The molecule has 12 fully saturated rings. The monoisotopic (exact) mass is 470 g/mol. The van der Waals surface area contributed by atoms with Crippen molar-refractivity contribution in [3.8, 4) is 59.2 Å². The maximum Gasteiger partial charge on any atom is 0.216 e. The van der Waals surface area contributed by atoms with Crippen molar-refractivity contribution < 1.29 is 0 Å². The molecular weight excluding hydrogens is 432 g/mol. The van der Waals surface area contributed by atoms with Gasteiger partial charge in [0.2, 0.25) is 5.92 Å². The first-order valence-corrected chi connectivity index (χ1v) is 14.0. The van der Waals surface area contributed by atoms with Gasteiger partial charge >= 0.3 is 0 Å². The number of fused-ring (bicyclic) bond motifs is 12. The lowest BCUT2D eigenvalue weighted by atomic mass is 9.76. The van der Waals surface area contributed by atoms with Gasteiger partial charge in [-0.1, -0.05) is 59.3 Å². The Balaban J connectivity index is 0.0000000762. The van der Waals surface area contributed by atoms with Gasteiger partial charge in [0.25, 0.3) is 0 Å². The summed E-state index contributed by atoms with van der Waals surface area (Å²) in [5.74, 6) is 35.0. The van der Waals surface area contributed by atoms with E-state index in [0.29, 0.717) is 5.41 Å². The Bertz CT molecular complexity index is 1330. The van der Waals surface area contributed by atoms with Crippen LogP contribution in [0.25, 0.3) is 0 Å². The molecule has 12 aliphatic carbocycles. The van der Waals surface area contributed by atoms with E-state index in [1.807, 2.05) is 13.8 Å². The third-order valence-corrected chi connectivity index (χ3v) is 14.0. The van der Waals surface area contributed by atoms with Gasteiger partial charge in [0.15, 0.2) is 5.92 Å².